The molecule has 170 valence electrons. The topological polar surface area (TPSA) is 88.4 Å². The Morgan fingerprint density at radius 3 is 2.59 bits per heavy atom. The van der Waals surface area contributed by atoms with Gasteiger partial charge in [0.2, 0.25) is 5.91 Å². The standard InChI is InChI=1S/C22H25Cl2N5O2S/c1-13(2)19(26-21(30)15-8-7-14(23)12-16(15)24)22(31)25-17(9-11-32-3)20-28-27-18-6-4-5-10-29(18)20/h4-8,10,12-13,17,19H,9,11H2,1-3H3,(H,25,31)(H,26,30)/t17-,19-/m0/s1. The van der Waals surface area contributed by atoms with Crippen molar-refractivity contribution in [3.63, 3.8) is 0 Å². The number of fused-ring (bicyclic) bond motifs is 1. The second kappa shape index (κ2) is 11.0. The van der Waals surface area contributed by atoms with Crippen LogP contribution in [0.4, 0.5) is 0 Å². The first-order chi connectivity index (χ1) is 15.3. The van der Waals surface area contributed by atoms with Gasteiger partial charge in [-0.25, -0.2) is 0 Å². The van der Waals surface area contributed by atoms with Gasteiger partial charge in [0.1, 0.15) is 6.04 Å². The summed E-state index contributed by atoms with van der Waals surface area (Å²) in [5, 5.41) is 15.0. The molecule has 2 atom stereocenters. The second-order valence-electron chi connectivity index (χ2n) is 7.65. The molecule has 3 rings (SSSR count). The van der Waals surface area contributed by atoms with Gasteiger partial charge in [0, 0.05) is 11.2 Å². The maximum absolute atomic E-state index is 13.3. The third-order valence-corrected chi connectivity index (χ3v) is 6.18. The summed E-state index contributed by atoms with van der Waals surface area (Å²) in [7, 11) is 0. The van der Waals surface area contributed by atoms with E-state index in [1.165, 1.54) is 6.07 Å². The maximum atomic E-state index is 13.3. The van der Waals surface area contributed by atoms with Crippen LogP contribution in [0.15, 0.2) is 42.6 Å². The summed E-state index contributed by atoms with van der Waals surface area (Å²) in [4.78, 5) is 26.1. The van der Waals surface area contributed by atoms with Crippen LogP contribution in [-0.4, -0.2) is 44.5 Å². The summed E-state index contributed by atoms with van der Waals surface area (Å²) in [6.07, 6.45) is 4.55. The van der Waals surface area contributed by atoms with Crippen LogP contribution in [0.2, 0.25) is 10.0 Å². The van der Waals surface area contributed by atoms with Gasteiger partial charge in [0.15, 0.2) is 11.5 Å². The SMILES string of the molecule is CSCC[C@H](NC(=O)[C@@H](NC(=O)c1ccc(Cl)cc1Cl)C(C)C)c1nnc2ccccn12. The van der Waals surface area contributed by atoms with Crippen LogP contribution in [-0.2, 0) is 4.79 Å². The Kier molecular flexibility index (Phi) is 8.39. The Labute approximate surface area is 201 Å². The minimum Gasteiger partial charge on any atom is -0.344 e. The van der Waals surface area contributed by atoms with Crippen molar-refractivity contribution in [3.8, 4) is 0 Å². The van der Waals surface area contributed by atoms with Gasteiger partial charge in [-0.3, -0.25) is 14.0 Å². The molecule has 7 nitrogen and oxygen atoms in total. The zero-order chi connectivity index (χ0) is 23.3. The molecule has 2 N–H and O–H groups in total. The molecule has 2 amide bonds. The number of thioether (sulfide) groups is 1. The summed E-state index contributed by atoms with van der Waals surface area (Å²) in [6, 6.07) is 9.14. The molecule has 0 fully saturated rings. The highest BCUT2D eigenvalue weighted by Gasteiger charge is 2.29. The molecule has 0 unspecified atom stereocenters. The van der Waals surface area contributed by atoms with E-state index < -0.39 is 11.9 Å². The van der Waals surface area contributed by atoms with Gasteiger partial charge in [0.25, 0.3) is 5.91 Å². The highest BCUT2D eigenvalue weighted by molar-refractivity contribution is 7.98. The zero-order valence-electron chi connectivity index (χ0n) is 18.0. The van der Waals surface area contributed by atoms with Gasteiger partial charge < -0.3 is 10.6 Å². The van der Waals surface area contributed by atoms with Crippen molar-refractivity contribution in [1.29, 1.82) is 0 Å². The van der Waals surface area contributed by atoms with E-state index >= 15 is 0 Å². The third-order valence-electron chi connectivity index (χ3n) is 4.99. The number of halogens is 2. The number of amides is 2. The normalized spacial score (nSPS) is 13.2. The lowest BCUT2D eigenvalue weighted by Gasteiger charge is -2.25. The van der Waals surface area contributed by atoms with E-state index in [9.17, 15) is 9.59 Å². The second-order valence-corrected chi connectivity index (χ2v) is 9.48. The molecule has 0 aliphatic heterocycles. The molecular formula is C22H25Cl2N5O2S. The molecule has 32 heavy (non-hydrogen) atoms. The van der Waals surface area contributed by atoms with Crippen molar-refractivity contribution in [2.75, 3.05) is 12.0 Å². The average molecular weight is 494 g/mol. The van der Waals surface area contributed by atoms with Crippen molar-refractivity contribution in [2.24, 2.45) is 5.92 Å². The van der Waals surface area contributed by atoms with Crippen molar-refractivity contribution in [2.45, 2.75) is 32.4 Å². The fourth-order valence-corrected chi connectivity index (χ4v) is 4.25. The number of benzene rings is 1. The minimum atomic E-state index is -0.759. The Morgan fingerprint density at radius 1 is 1.12 bits per heavy atom. The van der Waals surface area contributed by atoms with Crippen LogP contribution < -0.4 is 10.6 Å². The molecule has 0 bridgehead atoms. The van der Waals surface area contributed by atoms with Crippen LogP contribution in [0.1, 0.15) is 42.5 Å². The van der Waals surface area contributed by atoms with E-state index in [1.54, 1.807) is 23.9 Å². The van der Waals surface area contributed by atoms with Crippen LogP contribution in [0.3, 0.4) is 0 Å². The van der Waals surface area contributed by atoms with Gasteiger partial charge in [0.05, 0.1) is 16.6 Å². The number of nitrogens with one attached hydrogen (secondary N) is 2. The highest BCUT2D eigenvalue weighted by atomic mass is 35.5. The van der Waals surface area contributed by atoms with Crippen LogP contribution in [0, 0.1) is 5.92 Å². The summed E-state index contributed by atoms with van der Waals surface area (Å²) >= 11 is 13.8. The molecule has 0 spiro atoms. The fourth-order valence-electron chi connectivity index (χ4n) is 3.29. The van der Waals surface area contributed by atoms with E-state index in [-0.39, 0.29) is 28.5 Å². The summed E-state index contributed by atoms with van der Waals surface area (Å²) in [5.74, 6) is 0.594. The van der Waals surface area contributed by atoms with Crippen molar-refractivity contribution < 1.29 is 9.59 Å². The zero-order valence-corrected chi connectivity index (χ0v) is 20.3. The largest absolute Gasteiger partial charge is 0.344 e. The molecule has 10 heteroatoms. The maximum Gasteiger partial charge on any atom is 0.253 e. The molecule has 0 aliphatic carbocycles. The van der Waals surface area contributed by atoms with E-state index in [0.29, 0.717) is 22.9 Å². The number of carbonyl (C=O) groups is 2. The molecule has 0 saturated heterocycles. The monoisotopic (exact) mass is 493 g/mol. The molecule has 2 aromatic heterocycles. The summed E-state index contributed by atoms with van der Waals surface area (Å²) in [5.41, 5.74) is 0.967. The number of aromatic nitrogens is 3. The number of nitrogens with zero attached hydrogens (tertiary/aromatic N) is 3. The molecular weight excluding hydrogens is 469 g/mol. The van der Waals surface area contributed by atoms with Crippen molar-refractivity contribution in [3.05, 3.63) is 64.0 Å². The fraction of sp³-hybridized carbons (Fsp3) is 0.364. The molecule has 0 aliphatic rings. The highest BCUT2D eigenvalue weighted by Crippen LogP contribution is 2.22. The molecule has 1 aromatic carbocycles. The van der Waals surface area contributed by atoms with Gasteiger partial charge in [-0.1, -0.05) is 43.1 Å². The Bertz CT molecular complexity index is 1100. The van der Waals surface area contributed by atoms with Gasteiger partial charge in [-0.15, -0.1) is 10.2 Å². The lowest BCUT2D eigenvalue weighted by atomic mass is 10.0. The molecule has 0 saturated carbocycles. The third kappa shape index (κ3) is 5.74. The van der Waals surface area contributed by atoms with Gasteiger partial charge >= 0.3 is 0 Å². The molecule has 0 radical (unpaired) electrons. The quantitative estimate of drug-likeness (QED) is 0.461. The van der Waals surface area contributed by atoms with Crippen LogP contribution in [0.5, 0.6) is 0 Å². The van der Waals surface area contributed by atoms with Crippen molar-refractivity contribution >= 4 is 52.4 Å². The average Bonchev–Trinajstić information content (AvgIpc) is 3.18. The first-order valence-electron chi connectivity index (χ1n) is 10.2. The first-order valence-corrected chi connectivity index (χ1v) is 12.3. The molecule has 2 heterocycles. The van der Waals surface area contributed by atoms with Gasteiger partial charge in [-0.05, 0) is 54.7 Å². The number of carbonyl (C=O) groups excluding carboxylic acids is 2. The van der Waals surface area contributed by atoms with Crippen LogP contribution >= 0.6 is 35.0 Å². The Balaban J connectivity index is 1.81. The summed E-state index contributed by atoms with van der Waals surface area (Å²) < 4.78 is 1.86. The lowest BCUT2D eigenvalue weighted by molar-refractivity contribution is -0.124. The summed E-state index contributed by atoms with van der Waals surface area (Å²) in [6.45, 7) is 3.74. The Morgan fingerprint density at radius 2 is 1.91 bits per heavy atom. The van der Waals surface area contributed by atoms with E-state index in [1.807, 2.05) is 48.9 Å². The van der Waals surface area contributed by atoms with E-state index in [4.69, 9.17) is 23.2 Å². The number of pyridine rings is 1. The first kappa shape index (κ1) is 24.4. The van der Waals surface area contributed by atoms with Gasteiger partial charge in [-0.2, -0.15) is 11.8 Å². The number of hydrogen-bond donors (Lipinski definition) is 2. The lowest BCUT2D eigenvalue weighted by Crippen LogP contribution is -2.50. The predicted octanol–water partition coefficient (Wildman–Crippen LogP) is 4.40. The number of hydrogen-bond acceptors (Lipinski definition) is 5. The van der Waals surface area contributed by atoms with Crippen molar-refractivity contribution in [1.82, 2.24) is 25.2 Å². The van der Waals surface area contributed by atoms with E-state index in [2.05, 4.69) is 20.8 Å². The predicted molar refractivity (Wildman–Crippen MR) is 129 cm³/mol. The minimum absolute atomic E-state index is 0.152. The van der Waals surface area contributed by atoms with Crippen LogP contribution in [0.25, 0.3) is 5.65 Å². The van der Waals surface area contributed by atoms with E-state index in [0.717, 1.165) is 5.75 Å². The number of rotatable bonds is 9. The Hall–Kier alpha value is -2.29. The molecule has 3 aromatic rings. The smallest absolute Gasteiger partial charge is 0.253 e.